The summed E-state index contributed by atoms with van der Waals surface area (Å²) in [6, 6.07) is 0. The largest absolute Gasteiger partial charge is 3.00 e. The fourth-order valence-corrected chi connectivity index (χ4v) is 8.64. The van der Waals surface area contributed by atoms with E-state index in [9.17, 15) is 0 Å². The van der Waals surface area contributed by atoms with Gasteiger partial charge in [0, 0.05) is 6.61 Å². The summed E-state index contributed by atoms with van der Waals surface area (Å²) in [5.74, 6) is 0. The van der Waals surface area contributed by atoms with E-state index < -0.39 is 0 Å². The molecule has 0 saturated carbocycles. The fourth-order valence-electron chi connectivity index (χ4n) is 8.64. The summed E-state index contributed by atoms with van der Waals surface area (Å²) in [4.78, 5) is 0. The Hall–Kier alpha value is 0.554. The van der Waals surface area contributed by atoms with E-state index in [2.05, 4.69) is 64.4 Å². The third-order valence-corrected chi connectivity index (χ3v) is 13.5. The van der Waals surface area contributed by atoms with Gasteiger partial charge in [0.25, 0.3) is 0 Å². The molecule has 0 bridgehead atoms. The maximum Gasteiger partial charge on any atom is 3.00 e. The van der Waals surface area contributed by atoms with Crippen molar-refractivity contribution in [3.63, 3.8) is 0 Å². The minimum absolute atomic E-state index is 0. The third-order valence-electron chi connectivity index (χ3n) is 13.5. The second-order valence-electron chi connectivity index (χ2n) is 20.9. The summed E-state index contributed by atoms with van der Waals surface area (Å²) < 4.78 is 0. The van der Waals surface area contributed by atoms with Crippen molar-refractivity contribution in [1.29, 1.82) is 0 Å². The molecule has 0 fully saturated rings. The number of hydrogen-bond donors (Lipinski definition) is 1. The van der Waals surface area contributed by atoms with Gasteiger partial charge in [0.2, 0.25) is 0 Å². The first-order valence-electron chi connectivity index (χ1n) is 32.2. The van der Waals surface area contributed by atoms with Gasteiger partial charge in [0.15, 0.2) is 0 Å². The molecule has 0 atom stereocenters. The zero-order valence-corrected chi connectivity index (χ0v) is 51.2. The van der Waals surface area contributed by atoms with Gasteiger partial charge in [-0.1, -0.05) is 363 Å². The standard InChI is InChI=1S/3C20H42N.C4H10O.Ti/c3*1-3-5-7-9-11-13-15-17-19-21-20-18-16-14-12-10-8-6-4-2;1-2-3-4-5;/h3*3-20H2,1-2H3;5H,2-4H2,1H3;/q3*-1;;+3. The summed E-state index contributed by atoms with van der Waals surface area (Å²) in [6.45, 7) is 22.8. The maximum atomic E-state index is 8.07. The molecule has 1 N–H and O–H groups in total. The van der Waals surface area contributed by atoms with Gasteiger partial charge in [0.1, 0.15) is 0 Å². The quantitative estimate of drug-likeness (QED) is 0.0479. The van der Waals surface area contributed by atoms with Crippen molar-refractivity contribution in [1.82, 2.24) is 0 Å². The summed E-state index contributed by atoms with van der Waals surface area (Å²) in [6.07, 6.45) is 69.6. The van der Waals surface area contributed by atoms with Crippen molar-refractivity contribution < 1.29 is 26.8 Å². The SMILES string of the molecule is CCCCCCCCCC[N-]CCCCCCCCCC.CCCCCCCCCC[N-]CCCCCCCCCC.CCCCCCCCCC[N-]CCCCCCCCCC.CCCCO.[Ti+3]. The normalized spacial score (nSPS) is 10.8. The van der Waals surface area contributed by atoms with Crippen LogP contribution in [-0.2, 0) is 21.7 Å². The van der Waals surface area contributed by atoms with E-state index in [1.807, 2.05) is 0 Å². The number of nitrogens with zero attached hydrogens (tertiary/aromatic N) is 3. The Bertz CT molecular complexity index is 595. The predicted octanol–water partition coefficient (Wildman–Crippen LogP) is 23.7. The molecule has 0 rings (SSSR count). The van der Waals surface area contributed by atoms with E-state index in [0.29, 0.717) is 6.61 Å². The van der Waals surface area contributed by atoms with E-state index in [1.54, 1.807) is 0 Å². The Morgan fingerprint density at radius 2 is 0.290 bits per heavy atom. The maximum absolute atomic E-state index is 8.07. The molecule has 0 unspecified atom stereocenters. The Labute approximate surface area is 455 Å². The molecule has 0 aliphatic carbocycles. The molecule has 4 nitrogen and oxygen atoms in total. The first-order valence-corrected chi connectivity index (χ1v) is 32.2. The van der Waals surface area contributed by atoms with Gasteiger partial charge in [-0.05, 0) is 6.42 Å². The number of unbranched alkanes of at least 4 members (excludes halogenated alkanes) is 43. The van der Waals surface area contributed by atoms with Crippen LogP contribution in [0.15, 0.2) is 0 Å². The summed E-state index contributed by atoms with van der Waals surface area (Å²) >= 11 is 0. The molecule has 417 valence electrons. The van der Waals surface area contributed by atoms with E-state index in [4.69, 9.17) is 5.11 Å². The van der Waals surface area contributed by atoms with Crippen LogP contribution in [0.1, 0.15) is 370 Å². The van der Waals surface area contributed by atoms with Crippen LogP contribution >= 0.6 is 0 Å². The monoisotopic (exact) mass is 1010 g/mol. The molecule has 69 heavy (non-hydrogen) atoms. The second-order valence-corrected chi connectivity index (χ2v) is 20.9. The van der Waals surface area contributed by atoms with Gasteiger partial charge in [-0.2, -0.15) is 0 Å². The van der Waals surface area contributed by atoms with E-state index >= 15 is 0 Å². The molecule has 0 amide bonds. The van der Waals surface area contributed by atoms with Gasteiger partial charge in [0.05, 0.1) is 0 Å². The first kappa shape index (κ1) is 78.4. The number of hydrogen-bond acceptors (Lipinski definition) is 1. The Balaban J connectivity index is -0.000000280. The van der Waals surface area contributed by atoms with Gasteiger partial charge in [-0.25, -0.2) is 0 Å². The molecule has 0 aromatic rings. The zero-order valence-electron chi connectivity index (χ0n) is 49.6. The molecule has 0 saturated heterocycles. The Kier molecular flexibility index (Phi) is 97.0. The summed E-state index contributed by atoms with van der Waals surface area (Å²) in [5.41, 5.74) is 0. The average Bonchev–Trinajstić information content (AvgIpc) is 3.35. The molecular formula is C64H136N3OTi. The molecule has 1 radical (unpaired) electrons. The molecule has 0 aromatic heterocycles. The van der Waals surface area contributed by atoms with Crippen molar-refractivity contribution in [2.24, 2.45) is 0 Å². The molecule has 0 spiro atoms. The van der Waals surface area contributed by atoms with Crippen LogP contribution in [0, 0.1) is 0 Å². The zero-order chi connectivity index (χ0) is 50.4. The number of aliphatic hydroxyl groups is 1. The summed E-state index contributed by atoms with van der Waals surface area (Å²) in [5, 5.41) is 22.1. The van der Waals surface area contributed by atoms with Crippen LogP contribution in [0.25, 0.3) is 16.0 Å². The van der Waals surface area contributed by atoms with Crippen LogP contribution in [0.2, 0.25) is 0 Å². The molecule has 0 aromatic carbocycles. The summed E-state index contributed by atoms with van der Waals surface area (Å²) in [7, 11) is 0. The molecule has 0 aliphatic rings. The first-order chi connectivity index (χ1) is 33.7. The smallest absolute Gasteiger partial charge is 0.662 e. The molecule has 0 heterocycles. The predicted molar refractivity (Wildman–Crippen MR) is 317 cm³/mol. The van der Waals surface area contributed by atoms with Crippen LogP contribution in [0.4, 0.5) is 0 Å². The van der Waals surface area contributed by atoms with Gasteiger partial charge in [-0.3, -0.25) is 0 Å². The van der Waals surface area contributed by atoms with Gasteiger partial charge in [-0.15, -0.1) is 39.3 Å². The molecule has 0 aliphatic heterocycles. The number of rotatable bonds is 56. The van der Waals surface area contributed by atoms with Crippen LogP contribution in [0.3, 0.4) is 0 Å². The minimum Gasteiger partial charge on any atom is -0.662 e. The molecular weight excluding hydrogens is 875 g/mol. The van der Waals surface area contributed by atoms with Crippen molar-refractivity contribution in [3.8, 4) is 0 Å². The van der Waals surface area contributed by atoms with Crippen molar-refractivity contribution in [2.75, 3.05) is 45.9 Å². The van der Waals surface area contributed by atoms with Crippen LogP contribution in [0.5, 0.6) is 0 Å². The fraction of sp³-hybridized carbons (Fsp3) is 1.00. The topological polar surface area (TPSA) is 62.5 Å². The Morgan fingerprint density at radius 3 is 0.391 bits per heavy atom. The van der Waals surface area contributed by atoms with Crippen molar-refractivity contribution >= 4 is 0 Å². The second kappa shape index (κ2) is 85.3. The van der Waals surface area contributed by atoms with Crippen LogP contribution < -0.4 is 0 Å². The average molecular weight is 1010 g/mol. The van der Waals surface area contributed by atoms with Crippen molar-refractivity contribution in [2.45, 2.75) is 370 Å². The van der Waals surface area contributed by atoms with Crippen LogP contribution in [-0.4, -0.2) is 51.0 Å². The van der Waals surface area contributed by atoms with Gasteiger partial charge >= 0.3 is 21.7 Å². The molecule has 5 heteroatoms. The van der Waals surface area contributed by atoms with E-state index in [-0.39, 0.29) is 21.7 Å². The third kappa shape index (κ3) is 94.9. The van der Waals surface area contributed by atoms with Gasteiger partial charge < -0.3 is 21.1 Å². The number of aliphatic hydroxyl groups excluding tert-OH is 1. The Morgan fingerprint density at radius 1 is 0.174 bits per heavy atom. The van der Waals surface area contributed by atoms with E-state index in [1.165, 1.54) is 308 Å². The minimum atomic E-state index is 0. The van der Waals surface area contributed by atoms with Crippen molar-refractivity contribution in [3.05, 3.63) is 16.0 Å². The van der Waals surface area contributed by atoms with E-state index in [0.717, 1.165) is 52.1 Å².